The molecule has 0 aromatic heterocycles. The minimum Gasteiger partial charge on any atom is -0.493 e. The molecule has 19 heavy (non-hydrogen) atoms. The molecule has 106 valence electrons. The zero-order valence-electron chi connectivity index (χ0n) is 12.0. The van der Waals surface area contributed by atoms with Gasteiger partial charge < -0.3 is 15.8 Å². The van der Waals surface area contributed by atoms with Crippen molar-refractivity contribution in [3.8, 4) is 5.75 Å². The standard InChI is InChI=1S/C15H24N2O2/c1-11-6-7-14(13(9-11)10-12(2)16)19-8-4-5-15(18)17-3/h6-7,9,12H,4-5,8,10,16H2,1-3H3,(H,17,18). The number of nitrogens with one attached hydrogen (secondary N) is 1. The molecule has 0 saturated carbocycles. The molecule has 0 aliphatic carbocycles. The number of hydrogen-bond donors (Lipinski definition) is 2. The number of amides is 1. The Labute approximate surface area is 115 Å². The minimum atomic E-state index is 0.0447. The highest BCUT2D eigenvalue weighted by molar-refractivity contribution is 5.75. The lowest BCUT2D eigenvalue weighted by Crippen LogP contribution is -2.19. The molecule has 0 saturated heterocycles. The van der Waals surface area contributed by atoms with Crippen molar-refractivity contribution >= 4 is 5.91 Å². The first-order valence-corrected chi connectivity index (χ1v) is 6.71. The molecule has 3 N–H and O–H groups in total. The molecule has 1 rings (SSSR count). The fourth-order valence-corrected chi connectivity index (χ4v) is 1.90. The summed E-state index contributed by atoms with van der Waals surface area (Å²) in [5, 5.41) is 2.60. The summed E-state index contributed by atoms with van der Waals surface area (Å²) in [7, 11) is 1.64. The van der Waals surface area contributed by atoms with Gasteiger partial charge in [-0.3, -0.25) is 4.79 Å². The Morgan fingerprint density at radius 1 is 1.47 bits per heavy atom. The van der Waals surface area contributed by atoms with E-state index in [1.165, 1.54) is 5.56 Å². The Morgan fingerprint density at radius 2 is 2.21 bits per heavy atom. The maximum Gasteiger partial charge on any atom is 0.219 e. The van der Waals surface area contributed by atoms with Crippen molar-refractivity contribution in [2.45, 2.75) is 39.2 Å². The number of benzene rings is 1. The third kappa shape index (κ3) is 5.75. The normalized spacial score (nSPS) is 12.0. The predicted molar refractivity (Wildman–Crippen MR) is 77.3 cm³/mol. The van der Waals surface area contributed by atoms with E-state index in [4.69, 9.17) is 10.5 Å². The van der Waals surface area contributed by atoms with Crippen LogP contribution in [-0.2, 0) is 11.2 Å². The Kier molecular flexibility index (Phi) is 6.36. The third-order valence-electron chi connectivity index (χ3n) is 2.84. The van der Waals surface area contributed by atoms with Crippen molar-refractivity contribution in [2.75, 3.05) is 13.7 Å². The van der Waals surface area contributed by atoms with Gasteiger partial charge in [-0.15, -0.1) is 0 Å². The van der Waals surface area contributed by atoms with Gasteiger partial charge in [0.15, 0.2) is 0 Å². The molecule has 1 aromatic rings. The molecule has 0 heterocycles. The van der Waals surface area contributed by atoms with E-state index in [1.54, 1.807) is 7.05 Å². The molecule has 0 aliphatic heterocycles. The average molecular weight is 264 g/mol. The second-order valence-electron chi connectivity index (χ2n) is 4.92. The van der Waals surface area contributed by atoms with Crippen molar-refractivity contribution in [1.82, 2.24) is 5.32 Å². The van der Waals surface area contributed by atoms with Crippen LogP contribution < -0.4 is 15.8 Å². The van der Waals surface area contributed by atoms with Gasteiger partial charge in [-0.2, -0.15) is 0 Å². The van der Waals surface area contributed by atoms with E-state index in [2.05, 4.69) is 18.3 Å². The lowest BCUT2D eigenvalue weighted by atomic mass is 10.0. The van der Waals surface area contributed by atoms with E-state index >= 15 is 0 Å². The maximum absolute atomic E-state index is 11.1. The van der Waals surface area contributed by atoms with Crippen molar-refractivity contribution in [2.24, 2.45) is 5.73 Å². The van der Waals surface area contributed by atoms with E-state index in [0.29, 0.717) is 19.4 Å². The van der Waals surface area contributed by atoms with Crippen molar-refractivity contribution < 1.29 is 9.53 Å². The topological polar surface area (TPSA) is 64.3 Å². The van der Waals surface area contributed by atoms with Gasteiger partial charge in [0.05, 0.1) is 6.61 Å². The highest BCUT2D eigenvalue weighted by Crippen LogP contribution is 2.21. The van der Waals surface area contributed by atoms with Gasteiger partial charge in [0.25, 0.3) is 0 Å². The van der Waals surface area contributed by atoms with Crippen LogP contribution in [0.1, 0.15) is 30.9 Å². The van der Waals surface area contributed by atoms with E-state index in [9.17, 15) is 4.79 Å². The van der Waals surface area contributed by atoms with Crippen LogP contribution in [0.5, 0.6) is 5.75 Å². The van der Waals surface area contributed by atoms with Gasteiger partial charge >= 0.3 is 0 Å². The first-order valence-electron chi connectivity index (χ1n) is 6.71. The summed E-state index contributed by atoms with van der Waals surface area (Å²) in [6.07, 6.45) is 2.00. The van der Waals surface area contributed by atoms with E-state index in [0.717, 1.165) is 17.7 Å². The van der Waals surface area contributed by atoms with Crippen molar-refractivity contribution in [3.05, 3.63) is 29.3 Å². The fourth-order valence-electron chi connectivity index (χ4n) is 1.90. The number of hydrogen-bond acceptors (Lipinski definition) is 3. The first-order chi connectivity index (χ1) is 9.02. The number of ether oxygens (including phenoxy) is 1. The van der Waals surface area contributed by atoms with Crippen LogP contribution in [0.3, 0.4) is 0 Å². The lowest BCUT2D eigenvalue weighted by Gasteiger charge is -2.14. The number of aryl methyl sites for hydroxylation is 1. The van der Waals surface area contributed by atoms with Crippen LogP contribution in [0.2, 0.25) is 0 Å². The predicted octanol–water partition coefficient (Wildman–Crippen LogP) is 1.79. The monoisotopic (exact) mass is 264 g/mol. The summed E-state index contributed by atoms with van der Waals surface area (Å²) >= 11 is 0. The van der Waals surface area contributed by atoms with Crippen LogP contribution in [0.15, 0.2) is 18.2 Å². The highest BCUT2D eigenvalue weighted by atomic mass is 16.5. The number of nitrogens with two attached hydrogens (primary N) is 1. The fraction of sp³-hybridized carbons (Fsp3) is 0.533. The van der Waals surface area contributed by atoms with E-state index in [1.807, 2.05) is 19.1 Å². The van der Waals surface area contributed by atoms with Gasteiger partial charge in [0.2, 0.25) is 5.91 Å². The molecular formula is C15H24N2O2. The van der Waals surface area contributed by atoms with Gasteiger partial charge in [-0.1, -0.05) is 17.7 Å². The van der Waals surface area contributed by atoms with Crippen molar-refractivity contribution in [3.63, 3.8) is 0 Å². The van der Waals surface area contributed by atoms with Crippen LogP contribution in [-0.4, -0.2) is 25.6 Å². The Balaban J connectivity index is 2.54. The molecule has 0 radical (unpaired) electrons. The summed E-state index contributed by atoms with van der Waals surface area (Å²) < 4.78 is 5.75. The molecular weight excluding hydrogens is 240 g/mol. The van der Waals surface area contributed by atoms with Crippen LogP contribution in [0.25, 0.3) is 0 Å². The second kappa shape index (κ2) is 7.79. The molecule has 0 aliphatic rings. The lowest BCUT2D eigenvalue weighted by molar-refractivity contribution is -0.120. The summed E-state index contributed by atoms with van der Waals surface area (Å²) in [6.45, 7) is 4.58. The molecule has 0 spiro atoms. The summed E-state index contributed by atoms with van der Waals surface area (Å²) in [6, 6.07) is 6.22. The molecule has 1 unspecified atom stereocenters. The van der Waals surface area contributed by atoms with Crippen LogP contribution in [0, 0.1) is 6.92 Å². The van der Waals surface area contributed by atoms with Gasteiger partial charge in [-0.25, -0.2) is 0 Å². The number of carbonyl (C=O) groups is 1. The highest BCUT2D eigenvalue weighted by Gasteiger charge is 2.07. The first kappa shape index (κ1) is 15.5. The minimum absolute atomic E-state index is 0.0447. The molecule has 4 nitrogen and oxygen atoms in total. The second-order valence-corrected chi connectivity index (χ2v) is 4.92. The third-order valence-corrected chi connectivity index (χ3v) is 2.84. The molecule has 1 atom stereocenters. The Bertz CT molecular complexity index is 417. The van der Waals surface area contributed by atoms with Gasteiger partial charge in [0.1, 0.15) is 5.75 Å². The zero-order chi connectivity index (χ0) is 14.3. The van der Waals surface area contributed by atoms with Gasteiger partial charge in [-0.05, 0) is 38.3 Å². The average Bonchev–Trinajstić information content (AvgIpc) is 2.35. The molecule has 0 fully saturated rings. The molecule has 1 aromatic carbocycles. The SMILES string of the molecule is CNC(=O)CCCOc1ccc(C)cc1CC(C)N. The van der Waals surface area contributed by atoms with Crippen LogP contribution in [0.4, 0.5) is 0 Å². The number of rotatable bonds is 7. The summed E-state index contributed by atoms with van der Waals surface area (Å²) in [4.78, 5) is 11.1. The molecule has 4 heteroatoms. The van der Waals surface area contributed by atoms with E-state index in [-0.39, 0.29) is 11.9 Å². The zero-order valence-corrected chi connectivity index (χ0v) is 12.0. The Morgan fingerprint density at radius 3 is 2.84 bits per heavy atom. The van der Waals surface area contributed by atoms with E-state index < -0.39 is 0 Å². The quantitative estimate of drug-likeness (QED) is 0.738. The molecule has 1 amide bonds. The maximum atomic E-state index is 11.1. The Hall–Kier alpha value is -1.55. The van der Waals surface area contributed by atoms with Crippen molar-refractivity contribution in [1.29, 1.82) is 0 Å². The number of carbonyl (C=O) groups excluding carboxylic acids is 1. The summed E-state index contributed by atoms with van der Waals surface area (Å²) in [5.74, 6) is 0.920. The molecule has 0 bridgehead atoms. The largest absolute Gasteiger partial charge is 0.493 e. The van der Waals surface area contributed by atoms with Gasteiger partial charge in [0, 0.05) is 19.5 Å². The smallest absolute Gasteiger partial charge is 0.219 e. The van der Waals surface area contributed by atoms with Crippen LogP contribution >= 0.6 is 0 Å². The summed E-state index contributed by atoms with van der Waals surface area (Å²) in [5.41, 5.74) is 8.18.